The second-order valence-electron chi connectivity index (χ2n) is 4.33. The third kappa shape index (κ3) is 2.82. The number of halogens is 2. The van der Waals surface area contributed by atoms with Gasteiger partial charge in [0.05, 0.1) is 23.7 Å². The Hall–Kier alpha value is -0.290. The number of hydrogen-bond acceptors (Lipinski definition) is 3. The quantitative estimate of drug-likeness (QED) is 0.913. The molecule has 0 aromatic heterocycles. The summed E-state index contributed by atoms with van der Waals surface area (Å²) in [6, 6.07) is 3.87. The van der Waals surface area contributed by atoms with Crippen molar-refractivity contribution in [2.45, 2.75) is 25.0 Å². The number of ether oxygens (including phenoxy) is 2. The topological polar surface area (TPSA) is 30.5 Å². The van der Waals surface area contributed by atoms with Crippen LogP contribution in [0.3, 0.4) is 0 Å². The van der Waals surface area contributed by atoms with Gasteiger partial charge in [-0.1, -0.05) is 11.6 Å². The lowest BCUT2D eigenvalue weighted by molar-refractivity contribution is 0.0799. The van der Waals surface area contributed by atoms with E-state index >= 15 is 0 Å². The molecule has 3 nitrogen and oxygen atoms in total. The number of nitrogens with one attached hydrogen (secondary N) is 1. The molecular weight excluding hydrogens is 318 g/mol. The second kappa shape index (κ2) is 6.24. The van der Waals surface area contributed by atoms with Crippen molar-refractivity contribution in [2.24, 2.45) is 0 Å². The summed E-state index contributed by atoms with van der Waals surface area (Å²) in [4.78, 5) is 0. The van der Waals surface area contributed by atoms with Crippen LogP contribution in [0, 0.1) is 0 Å². The summed E-state index contributed by atoms with van der Waals surface area (Å²) in [6.45, 7) is 0.826. The van der Waals surface area contributed by atoms with Crippen molar-refractivity contribution in [1.82, 2.24) is 5.32 Å². The lowest BCUT2D eigenvalue weighted by Gasteiger charge is -2.25. The first-order chi connectivity index (χ1) is 8.67. The van der Waals surface area contributed by atoms with Crippen LogP contribution in [0.5, 0.6) is 5.75 Å². The highest BCUT2D eigenvalue weighted by Gasteiger charge is 2.29. The SMILES string of the molecule is CNC(c1cc(Cl)cc(Br)c1OC)C1CCCO1. The van der Waals surface area contributed by atoms with Gasteiger partial charge in [0.25, 0.3) is 0 Å². The van der Waals surface area contributed by atoms with Gasteiger partial charge in [0, 0.05) is 17.2 Å². The van der Waals surface area contributed by atoms with E-state index in [4.69, 9.17) is 21.1 Å². The summed E-state index contributed by atoms with van der Waals surface area (Å²) in [5.41, 5.74) is 1.03. The van der Waals surface area contributed by atoms with Gasteiger partial charge in [-0.05, 0) is 48.0 Å². The van der Waals surface area contributed by atoms with Crippen molar-refractivity contribution in [3.05, 3.63) is 27.2 Å². The maximum absolute atomic E-state index is 6.13. The molecule has 0 amide bonds. The average Bonchev–Trinajstić information content (AvgIpc) is 2.83. The van der Waals surface area contributed by atoms with Crippen LogP contribution >= 0.6 is 27.5 Å². The van der Waals surface area contributed by atoms with Crippen LogP contribution in [-0.4, -0.2) is 26.9 Å². The largest absolute Gasteiger partial charge is 0.495 e. The van der Waals surface area contributed by atoms with Crippen LogP contribution in [0.25, 0.3) is 0 Å². The van der Waals surface area contributed by atoms with Gasteiger partial charge in [-0.2, -0.15) is 0 Å². The number of benzene rings is 1. The Morgan fingerprint density at radius 1 is 1.56 bits per heavy atom. The van der Waals surface area contributed by atoms with E-state index in [9.17, 15) is 0 Å². The molecule has 2 unspecified atom stereocenters. The second-order valence-corrected chi connectivity index (χ2v) is 5.62. The molecule has 1 fully saturated rings. The molecule has 1 aromatic carbocycles. The predicted molar refractivity (Wildman–Crippen MR) is 76.5 cm³/mol. The van der Waals surface area contributed by atoms with Crippen LogP contribution in [0.4, 0.5) is 0 Å². The third-order valence-corrected chi connectivity index (χ3v) is 4.03. The molecule has 0 spiro atoms. The highest BCUT2D eigenvalue weighted by molar-refractivity contribution is 9.10. The molecule has 0 aliphatic carbocycles. The predicted octanol–water partition coefficient (Wildman–Crippen LogP) is 3.55. The Kier molecular flexibility index (Phi) is 4.90. The summed E-state index contributed by atoms with van der Waals surface area (Å²) in [7, 11) is 3.60. The Balaban J connectivity index is 2.39. The van der Waals surface area contributed by atoms with E-state index in [0.717, 1.165) is 35.2 Å². The molecule has 100 valence electrons. The molecule has 1 saturated heterocycles. The zero-order chi connectivity index (χ0) is 13.1. The molecule has 2 rings (SSSR count). The first-order valence-electron chi connectivity index (χ1n) is 5.99. The smallest absolute Gasteiger partial charge is 0.138 e. The van der Waals surface area contributed by atoms with Gasteiger partial charge in [0.15, 0.2) is 0 Å². The normalized spacial score (nSPS) is 21.0. The van der Waals surface area contributed by atoms with Gasteiger partial charge in [-0.3, -0.25) is 0 Å². The van der Waals surface area contributed by atoms with Gasteiger partial charge in [0.1, 0.15) is 5.75 Å². The van der Waals surface area contributed by atoms with Crippen molar-refractivity contribution in [3.8, 4) is 5.75 Å². The highest BCUT2D eigenvalue weighted by atomic mass is 79.9. The highest BCUT2D eigenvalue weighted by Crippen LogP contribution is 2.39. The third-order valence-electron chi connectivity index (χ3n) is 3.22. The fraction of sp³-hybridized carbons (Fsp3) is 0.538. The van der Waals surface area contributed by atoms with Gasteiger partial charge < -0.3 is 14.8 Å². The summed E-state index contributed by atoms with van der Waals surface area (Å²) >= 11 is 9.62. The van der Waals surface area contributed by atoms with Gasteiger partial charge >= 0.3 is 0 Å². The van der Waals surface area contributed by atoms with Crippen molar-refractivity contribution in [2.75, 3.05) is 20.8 Å². The number of likely N-dealkylation sites (N-methyl/N-ethyl adjacent to an activating group) is 1. The Morgan fingerprint density at radius 3 is 2.89 bits per heavy atom. The van der Waals surface area contributed by atoms with Crippen LogP contribution in [0.1, 0.15) is 24.4 Å². The lowest BCUT2D eigenvalue weighted by Crippen LogP contribution is -2.29. The Labute approximate surface area is 121 Å². The first kappa shape index (κ1) is 14.1. The van der Waals surface area contributed by atoms with Gasteiger partial charge in [-0.15, -0.1) is 0 Å². The molecular formula is C13H17BrClNO2. The summed E-state index contributed by atoms with van der Waals surface area (Å²) < 4.78 is 12.1. The van der Waals surface area contributed by atoms with E-state index < -0.39 is 0 Å². The summed E-state index contributed by atoms with van der Waals surface area (Å²) in [5.74, 6) is 0.814. The van der Waals surface area contributed by atoms with E-state index in [1.807, 2.05) is 19.2 Å². The van der Waals surface area contributed by atoms with Crippen molar-refractivity contribution >= 4 is 27.5 Å². The molecule has 0 saturated carbocycles. The zero-order valence-corrected chi connectivity index (χ0v) is 12.8. The Bertz CT molecular complexity index is 422. The van der Waals surface area contributed by atoms with Crippen molar-refractivity contribution < 1.29 is 9.47 Å². The molecule has 1 aromatic rings. The zero-order valence-electron chi connectivity index (χ0n) is 10.5. The van der Waals surface area contributed by atoms with Crippen molar-refractivity contribution in [3.63, 3.8) is 0 Å². The minimum Gasteiger partial charge on any atom is -0.495 e. The van der Waals surface area contributed by atoms with E-state index in [1.165, 1.54) is 0 Å². The van der Waals surface area contributed by atoms with Crippen molar-refractivity contribution in [1.29, 1.82) is 0 Å². The van der Waals surface area contributed by atoms with Crippen LogP contribution in [0.2, 0.25) is 5.02 Å². The fourth-order valence-electron chi connectivity index (χ4n) is 2.43. The monoisotopic (exact) mass is 333 g/mol. The minimum atomic E-state index is 0.0949. The molecule has 5 heteroatoms. The minimum absolute atomic E-state index is 0.0949. The number of methoxy groups -OCH3 is 1. The molecule has 1 aliphatic heterocycles. The maximum Gasteiger partial charge on any atom is 0.138 e. The van der Waals surface area contributed by atoms with Crippen LogP contribution in [-0.2, 0) is 4.74 Å². The number of rotatable bonds is 4. The van der Waals surface area contributed by atoms with E-state index in [-0.39, 0.29) is 12.1 Å². The molecule has 0 bridgehead atoms. The molecule has 18 heavy (non-hydrogen) atoms. The van der Waals surface area contributed by atoms with Crippen LogP contribution < -0.4 is 10.1 Å². The van der Waals surface area contributed by atoms with E-state index in [2.05, 4.69) is 21.2 Å². The molecule has 1 N–H and O–H groups in total. The van der Waals surface area contributed by atoms with Gasteiger partial charge in [-0.25, -0.2) is 0 Å². The van der Waals surface area contributed by atoms with Gasteiger partial charge in [0.2, 0.25) is 0 Å². The average molecular weight is 335 g/mol. The Morgan fingerprint density at radius 2 is 2.33 bits per heavy atom. The lowest BCUT2D eigenvalue weighted by atomic mass is 9.98. The van der Waals surface area contributed by atoms with E-state index in [1.54, 1.807) is 7.11 Å². The van der Waals surface area contributed by atoms with Crippen LogP contribution in [0.15, 0.2) is 16.6 Å². The fourth-order valence-corrected chi connectivity index (χ4v) is 3.43. The molecule has 1 heterocycles. The summed E-state index contributed by atoms with van der Waals surface area (Å²) in [5, 5.41) is 4.00. The summed E-state index contributed by atoms with van der Waals surface area (Å²) in [6.07, 6.45) is 2.33. The standard InChI is InChI=1S/C13H17BrClNO2/c1-16-12(11-4-3-5-18-11)9-6-8(15)7-10(14)13(9)17-2/h6-7,11-12,16H,3-5H2,1-2H3. The number of hydrogen-bond donors (Lipinski definition) is 1. The van der Waals surface area contributed by atoms with E-state index in [0.29, 0.717) is 5.02 Å². The molecule has 1 aliphatic rings. The molecule has 2 atom stereocenters. The maximum atomic E-state index is 6.13. The molecule has 0 radical (unpaired) electrons. The first-order valence-corrected chi connectivity index (χ1v) is 7.16.